The van der Waals surface area contributed by atoms with Crippen molar-refractivity contribution >= 4 is 32.8 Å². The second-order valence-corrected chi connectivity index (χ2v) is 4.97. The lowest BCUT2D eigenvalue weighted by Gasteiger charge is -1.99. The Morgan fingerprint density at radius 3 is 3.00 bits per heavy atom. The summed E-state index contributed by atoms with van der Waals surface area (Å²) < 4.78 is 2.56. The van der Waals surface area contributed by atoms with Gasteiger partial charge < -0.3 is 10.3 Å². The van der Waals surface area contributed by atoms with Crippen LogP contribution in [0.15, 0.2) is 35.3 Å². The van der Waals surface area contributed by atoms with Crippen LogP contribution in [0.3, 0.4) is 0 Å². The number of halogens is 1. The highest BCUT2D eigenvalue weighted by atomic mass is 79.9. The molecule has 3 aromatic heterocycles. The Kier molecular flexibility index (Phi) is 3.08. The molecule has 0 atom stereocenters. The third kappa shape index (κ3) is 2.10. The summed E-state index contributed by atoms with van der Waals surface area (Å²) in [5, 5.41) is 9.87. The van der Waals surface area contributed by atoms with Crippen molar-refractivity contribution in [2.75, 3.05) is 5.73 Å². The molecule has 0 aliphatic rings. The highest BCUT2D eigenvalue weighted by Crippen LogP contribution is 2.30. The molecule has 7 heteroatoms. The standard InChI is InChI=1S/C13H9BrN6/c14-12-5-8-9(10-1-3-17-13(16)19-10)7-20(4-2-15)11(8)6-18-12/h1,3,5-7H,4H2,(H2,16,17,19). The zero-order chi connectivity index (χ0) is 14.1. The minimum atomic E-state index is 0.219. The number of hydrogen-bond donors (Lipinski definition) is 1. The van der Waals surface area contributed by atoms with Crippen molar-refractivity contribution in [2.24, 2.45) is 0 Å². The number of nitrogen functional groups attached to an aromatic ring is 1. The highest BCUT2D eigenvalue weighted by Gasteiger charge is 2.12. The average molecular weight is 329 g/mol. The normalized spacial score (nSPS) is 10.6. The Hall–Kier alpha value is -2.46. The zero-order valence-corrected chi connectivity index (χ0v) is 11.9. The molecule has 0 unspecified atom stereocenters. The van der Waals surface area contributed by atoms with Crippen molar-refractivity contribution in [1.82, 2.24) is 19.5 Å². The van der Waals surface area contributed by atoms with Gasteiger partial charge in [0.2, 0.25) is 5.95 Å². The van der Waals surface area contributed by atoms with E-state index in [4.69, 9.17) is 11.0 Å². The first-order valence-electron chi connectivity index (χ1n) is 5.79. The minimum Gasteiger partial charge on any atom is -0.368 e. The van der Waals surface area contributed by atoms with Gasteiger partial charge in [-0.25, -0.2) is 15.0 Å². The van der Waals surface area contributed by atoms with Gasteiger partial charge in [-0.3, -0.25) is 0 Å². The molecule has 0 radical (unpaired) electrons. The van der Waals surface area contributed by atoms with Gasteiger partial charge in [-0.1, -0.05) is 0 Å². The molecule has 0 bridgehead atoms. The molecule has 0 spiro atoms. The molecular formula is C13H9BrN6. The largest absolute Gasteiger partial charge is 0.368 e. The first kappa shape index (κ1) is 12.6. The number of nitriles is 1. The molecule has 20 heavy (non-hydrogen) atoms. The third-order valence-electron chi connectivity index (χ3n) is 2.93. The second-order valence-electron chi connectivity index (χ2n) is 4.15. The number of pyridine rings is 1. The molecular weight excluding hydrogens is 320 g/mol. The van der Waals surface area contributed by atoms with E-state index in [9.17, 15) is 0 Å². The third-order valence-corrected chi connectivity index (χ3v) is 3.36. The van der Waals surface area contributed by atoms with Crippen LogP contribution in [-0.2, 0) is 6.54 Å². The van der Waals surface area contributed by atoms with E-state index in [2.05, 4.69) is 37.0 Å². The summed E-state index contributed by atoms with van der Waals surface area (Å²) in [5.41, 5.74) is 8.12. The van der Waals surface area contributed by atoms with Gasteiger partial charge in [0.1, 0.15) is 11.1 Å². The number of nitrogens with two attached hydrogens (primary N) is 1. The maximum atomic E-state index is 8.91. The van der Waals surface area contributed by atoms with Crippen LogP contribution in [0.1, 0.15) is 0 Å². The number of fused-ring (bicyclic) bond motifs is 1. The molecule has 0 aliphatic carbocycles. The van der Waals surface area contributed by atoms with Gasteiger partial charge in [0, 0.05) is 23.3 Å². The van der Waals surface area contributed by atoms with Gasteiger partial charge in [-0.2, -0.15) is 5.26 Å². The number of rotatable bonds is 2. The number of hydrogen-bond acceptors (Lipinski definition) is 5. The van der Waals surface area contributed by atoms with Crippen molar-refractivity contribution in [2.45, 2.75) is 6.54 Å². The Bertz CT molecular complexity index is 832. The molecule has 0 amide bonds. The zero-order valence-electron chi connectivity index (χ0n) is 10.3. The second kappa shape index (κ2) is 4.90. The first-order chi connectivity index (χ1) is 9.69. The fraction of sp³-hybridized carbons (Fsp3) is 0.0769. The predicted octanol–water partition coefficient (Wildman–Crippen LogP) is 2.36. The lowest BCUT2D eigenvalue weighted by molar-refractivity contribution is 0.872. The number of nitrogens with zero attached hydrogens (tertiary/aromatic N) is 5. The molecule has 6 nitrogen and oxygen atoms in total. The molecule has 3 rings (SSSR count). The van der Waals surface area contributed by atoms with Crippen molar-refractivity contribution in [1.29, 1.82) is 5.26 Å². The van der Waals surface area contributed by atoms with Gasteiger partial charge in [0.25, 0.3) is 0 Å². The monoisotopic (exact) mass is 328 g/mol. The minimum absolute atomic E-state index is 0.219. The van der Waals surface area contributed by atoms with Gasteiger partial charge in [0.15, 0.2) is 0 Å². The summed E-state index contributed by atoms with van der Waals surface area (Å²) in [6.45, 7) is 0.250. The highest BCUT2D eigenvalue weighted by molar-refractivity contribution is 9.10. The number of anilines is 1. The first-order valence-corrected chi connectivity index (χ1v) is 6.58. The van der Waals surface area contributed by atoms with Crippen LogP contribution in [0.25, 0.3) is 22.2 Å². The van der Waals surface area contributed by atoms with Crippen molar-refractivity contribution in [3.63, 3.8) is 0 Å². The Labute approximate surface area is 123 Å². The Morgan fingerprint density at radius 2 is 2.25 bits per heavy atom. The molecule has 0 aliphatic heterocycles. The summed E-state index contributed by atoms with van der Waals surface area (Å²) in [6, 6.07) is 5.82. The maximum absolute atomic E-state index is 8.91. The van der Waals surface area contributed by atoms with Gasteiger partial charge in [-0.05, 0) is 28.1 Å². The molecule has 0 aromatic carbocycles. The van der Waals surface area contributed by atoms with Crippen LogP contribution in [0.5, 0.6) is 0 Å². The lowest BCUT2D eigenvalue weighted by atomic mass is 10.1. The Balaban J connectivity index is 2.30. The van der Waals surface area contributed by atoms with E-state index in [-0.39, 0.29) is 12.5 Å². The molecule has 0 saturated heterocycles. The predicted molar refractivity (Wildman–Crippen MR) is 78.5 cm³/mol. The average Bonchev–Trinajstić information content (AvgIpc) is 2.77. The maximum Gasteiger partial charge on any atom is 0.220 e. The lowest BCUT2D eigenvalue weighted by Crippen LogP contribution is -1.95. The van der Waals surface area contributed by atoms with Crippen LogP contribution >= 0.6 is 15.9 Å². The molecule has 2 N–H and O–H groups in total. The van der Waals surface area contributed by atoms with E-state index in [1.54, 1.807) is 18.5 Å². The topological polar surface area (TPSA) is 93.4 Å². The fourth-order valence-corrected chi connectivity index (χ4v) is 2.43. The van der Waals surface area contributed by atoms with Crippen LogP contribution < -0.4 is 5.73 Å². The van der Waals surface area contributed by atoms with Crippen molar-refractivity contribution < 1.29 is 0 Å². The van der Waals surface area contributed by atoms with Crippen LogP contribution in [0.2, 0.25) is 0 Å². The quantitative estimate of drug-likeness (QED) is 0.729. The van der Waals surface area contributed by atoms with E-state index < -0.39 is 0 Å². The molecule has 3 heterocycles. The van der Waals surface area contributed by atoms with E-state index in [1.165, 1.54) is 0 Å². The van der Waals surface area contributed by atoms with Crippen LogP contribution in [0, 0.1) is 11.3 Å². The number of aromatic nitrogens is 4. The smallest absolute Gasteiger partial charge is 0.220 e. The SMILES string of the molecule is N#CCn1cc(-c2ccnc(N)n2)c2cc(Br)ncc21. The van der Waals surface area contributed by atoms with E-state index in [1.807, 2.05) is 16.8 Å². The van der Waals surface area contributed by atoms with Gasteiger partial charge >= 0.3 is 0 Å². The van der Waals surface area contributed by atoms with Gasteiger partial charge in [0.05, 0.1) is 23.5 Å². The van der Waals surface area contributed by atoms with Crippen molar-refractivity contribution in [3.05, 3.63) is 35.3 Å². The molecule has 3 aromatic rings. The van der Waals surface area contributed by atoms with E-state index in [0.29, 0.717) is 0 Å². The summed E-state index contributed by atoms with van der Waals surface area (Å²) in [4.78, 5) is 12.3. The summed E-state index contributed by atoms with van der Waals surface area (Å²) in [7, 11) is 0. The van der Waals surface area contributed by atoms with E-state index in [0.717, 1.165) is 26.8 Å². The van der Waals surface area contributed by atoms with Crippen molar-refractivity contribution in [3.8, 4) is 17.3 Å². The summed E-state index contributed by atoms with van der Waals surface area (Å²) in [5.74, 6) is 0.219. The Morgan fingerprint density at radius 1 is 1.40 bits per heavy atom. The molecule has 0 saturated carbocycles. The summed E-state index contributed by atoms with van der Waals surface area (Å²) in [6.07, 6.45) is 5.22. The van der Waals surface area contributed by atoms with Crippen LogP contribution in [0.4, 0.5) is 5.95 Å². The molecule has 98 valence electrons. The van der Waals surface area contributed by atoms with Gasteiger partial charge in [-0.15, -0.1) is 0 Å². The summed E-state index contributed by atoms with van der Waals surface area (Å²) >= 11 is 3.36. The van der Waals surface area contributed by atoms with E-state index >= 15 is 0 Å². The molecule has 0 fully saturated rings. The van der Waals surface area contributed by atoms with Crippen LogP contribution in [-0.4, -0.2) is 19.5 Å². The fourth-order valence-electron chi connectivity index (χ4n) is 2.10.